The van der Waals surface area contributed by atoms with Crippen molar-refractivity contribution in [2.45, 2.75) is 44.6 Å². The number of likely N-dealkylation sites (N-methyl/N-ethyl adjacent to an activating group) is 1. The number of piperidine rings is 1. The Bertz CT molecular complexity index is 507. The summed E-state index contributed by atoms with van der Waals surface area (Å²) in [6.45, 7) is 3.49. The van der Waals surface area contributed by atoms with Gasteiger partial charge in [-0.2, -0.15) is 0 Å². The third-order valence-corrected chi connectivity index (χ3v) is 5.57. The Hall–Kier alpha value is -1.62. The van der Waals surface area contributed by atoms with Gasteiger partial charge in [-0.15, -0.1) is 0 Å². The van der Waals surface area contributed by atoms with Crippen molar-refractivity contribution in [1.29, 1.82) is 0 Å². The van der Waals surface area contributed by atoms with Crippen molar-refractivity contribution < 1.29 is 4.79 Å². The third kappa shape index (κ3) is 4.69. The monoisotopic (exact) mass is 330 g/mol. The predicted octanol–water partition coefficient (Wildman–Crippen LogP) is 2.29. The quantitative estimate of drug-likeness (QED) is 0.869. The second-order valence-electron chi connectivity index (χ2n) is 7.29. The number of amides is 1. The molecule has 1 saturated heterocycles. The second-order valence-corrected chi connectivity index (χ2v) is 7.29. The van der Waals surface area contributed by atoms with Crippen LogP contribution in [0.2, 0.25) is 0 Å². The molecule has 1 aliphatic carbocycles. The highest BCUT2D eigenvalue weighted by Gasteiger charge is 2.23. The number of nitrogens with zero attached hydrogens (tertiary/aromatic N) is 3. The molecule has 1 amide bonds. The van der Waals surface area contributed by atoms with E-state index in [0.29, 0.717) is 18.5 Å². The van der Waals surface area contributed by atoms with E-state index < -0.39 is 0 Å². The predicted molar refractivity (Wildman–Crippen MR) is 97.1 cm³/mol. The summed E-state index contributed by atoms with van der Waals surface area (Å²) in [4.78, 5) is 20.9. The summed E-state index contributed by atoms with van der Waals surface area (Å²) < 4.78 is 0. The van der Waals surface area contributed by atoms with E-state index in [1.807, 2.05) is 12.4 Å². The lowest BCUT2D eigenvalue weighted by atomic mass is 9.96. The summed E-state index contributed by atoms with van der Waals surface area (Å²) in [5.41, 5.74) is 1.26. The van der Waals surface area contributed by atoms with E-state index in [-0.39, 0.29) is 5.91 Å². The van der Waals surface area contributed by atoms with E-state index in [1.54, 1.807) is 0 Å². The van der Waals surface area contributed by atoms with Crippen molar-refractivity contribution in [1.82, 2.24) is 15.2 Å². The van der Waals surface area contributed by atoms with Gasteiger partial charge in [-0.1, -0.05) is 12.8 Å². The van der Waals surface area contributed by atoms with Crippen LogP contribution >= 0.6 is 0 Å². The maximum Gasteiger partial charge on any atom is 0.234 e. The van der Waals surface area contributed by atoms with Crippen LogP contribution in [0.5, 0.6) is 0 Å². The van der Waals surface area contributed by atoms with E-state index in [4.69, 9.17) is 0 Å². The maximum atomic E-state index is 12.2. The van der Waals surface area contributed by atoms with Gasteiger partial charge in [0.2, 0.25) is 5.91 Å². The minimum atomic E-state index is 0.181. The molecule has 0 spiro atoms. The molecule has 5 heteroatoms. The molecule has 1 aromatic rings. The van der Waals surface area contributed by atoms with Crippen molar-refractivity contribution in [2.24, 2.45) is 5.92 Å². The Morgan fingerprint density at radius 3 is 2.54 bits per heavy atom. The molecule has 2 heterocycles. The summed E-state index contributed by atoms with van der Waals surface area (Å²) in [7, 11) is 2.09. The van der Waals surface area contributed by atoms with Crippen LogP contribution < -0.4 is 10.2 Å². The van der Waals surface area contributed by atoms with Crippen LogP contribution in [0.25, 0.3) is 0 Å². The minimum Gasteiger partial charge on any atom is -0.371 e. The number of carbonyl (C=O) groups excluding carboxylic acids is 1. The zero-order valence-electron chi connectivity index (χ0n) is 14.8. The number of anilines is 1. The second kappa shape index (κ2) is 8.47. The van der Waals surface area contributed by atoms with Crippen molar-refractivity contribution in [3.05, 3.63) is 24.5 Å². The first-order valence-corrected chi connectivity index (χ1v) is 9.34. The van der Waals surface area contributed by atoms with Crippen LogP contribution in [0.3, 0.4) is 0 Å². The van der Waals surface area contributed by atoms with E-state index in [9.17, 15) is 4.79 Å². The van der Waals surface area contributed by atoms with Gasteiger partial charge in [0.05, 0.1) is 6.54 Å². The highest BCUT2D eigenvalue weighted by atomic mass is 16.2. The number of nitrogens with one attached hydrogen (secondary N) is 1. The Morgan fingerprint density at radius 1 is 1.21 bits per heavy atom. The summed E-state index contributed by atoms with van der Waals surface area (Å²) in [6.07, 6.45) is 11.1. The number of aromatic nitrogens is 1. The van der Waals surface area contributed by atoms with Gasteiger partial charge in [-0.05, 0) is 50.8 Å². The lowest BCUT2D eigenvalue weighted by molar-refractivity contribution is -0.122. The molecule has 3 rings (SSSR count). The molecule has 2 fully saturated rings. The minimum absolute atomic E-state index is 0.181. The number of pyridine rings is 1. The lowest BCUT2D eigenvalue weighted by Gasteiger charge is -2.33. The average molecular weight is 330 g/mol. The topological polar surface area (TPSA) is 48.5 Å². The smallest absolute Gasteiger partial charge is 0.234 e. The molecule has 1 aromatic heterocycles. The van der Waals surface area contributed by atoms with Gasteiger partial charge < -0.3 is 10.2 Å². The van der Waals surface area contributed by atoms with Gasteiger partial charge in [-0.25, -0.2) is 0 Å². The van der Waals surface area contributed by atoms with Crippen LogP contribution in [0.1, 0.15) is 38.5 Å². The molecule has 2 aliphatic rings. The van der Waals surface area contributed by atoms with E-state index in [2.05, 4.69) is 39.3 Å². The summed E-state index contributed by atoms with van der Waals surface area (Å²) in [5.74, 6) is 0.782. The van der Waals surface area contributed by atoms with Crippen LogP contribution in [-0.4, -0.2) is 55.1 Å². The highest BCUT2D eigenvalue weighted by Crippen LogP contribution is 2.23. The van der Waals surface area contributed by atoms with E-state index in [1.165, 1.54) is 31.4 Å². The van der Waals surface area contributed by atoms with Crippen molar-refractivity contribution in [3.8, 4) is 0 Å². The van der Waals surface area contributed by atoms with Gasteiger partial charge in [0.15, 0.2) is 0 Å². The molecule has 0 bridgehead atoms. The summed E-state index contributed by atoms with van der Waals surface area (Å²) >= 11 is 0. The van der Waals surface area contributed by atoms with Gasteiger partial charge in [0.1, 0.15) is 0 Å². The van der Waals surface area contributed by atoms with E-state index >= 15 is 0 Å². The standard InChI is InChI=1S/C19H30N4O/c1-22(17-4-2-3-5-17)15-19(24)21-14-16-8-12-23(13-9-16)18-6-10-20-11-7-18/h6-7,10-11,16-17H,2-5,8-9,12-15H2,1H3,(H,21,24). The van der Waals surface area contributed by atoms with Crippen molar-refractivity contribution >= 4 is 11.6 Å². The highest BCUT2D eigenvalue weighted by molar-refractivity contribution is 5.78. The molecule has 0 unspecified atom stereocenters. The Morgan fingerprint density at radius 2 is 1.88 bits per heavy atom. The van der Waals surface area contributed by atoms with Gasteiger partial charge >= 0.3 is 0 Å². The van der Waals surface area contributed by atoms with Gasteiger partial charge in [0, 0.05) is 43.8 Å². The van der Waals surface area contributed by atoms with Gasteiger partial charge in [0.25, 0.3) is 0 Å². The lowest BCUT2D eigenvalue weighted by Crippen LogP contribution is -2.43. The molecule has 24 heavy (non-hydrogen) atoms. The fourth-order valence-electron chi connectivity index (χ4n) is 3.96. The van der Waals surface area contributed by atoms with Crippen LogP contribution in [-0.2, 0) is 4.79 Å². The zero-order valence-corrected chi connectivity index (χ0v) is 14.8. The zero-order chi connectivity index (χ0) is 16.8. The molecule has 1 aliphatic heterocycles. The molecule has 0 atom stereocenters. The molecule has 1 saturated carbocycles. The Kier molecular flexibility index (Phi) is 6.07. The average Bonchev–Trinajstić information content (AvgIpc) is 3.16. The van der Waals surface area contributed by atoms with Crippen LogP contribution in [0, 0.1) is 5.92 Å². The summed E-state index contributed by atoms with van der Waals surface area (Å²) in [5, 5.41) is 3.15. The number of rotatable bonds is 6. The first-order chi connectivity index (χ1) is 11.7. The molecule has 1 N–H and O–H groups in total. The summed E-state index contributed by atoms with van der Waals surface area (Å²) in [6, 6.07) is 4.75. The largest absolute Gasteiger partial charge is 0.371 e. The Balaban J connectivity index is 1.35. The fourth-order valence-corrected chi connectivity index (χ4v) is 3.96. The van der Waals surface area contributed by atoms with Gasteiger partial charge in [-0.3, -0.25) is 14.7 Å². The molecule has 132 valence electrons. The molecular formula is C19H30N4O. The van der Waals surface area contributed by atoms with E-state index in [0.717, 1.165) is 32.5 Å². The van der Waals surface area contributed by atoms with Crippen LogP contribution in [0.15, 0.2) is 24.5 Å². The molecule has 5 nitrogen and oxygen atoms in total. The third-order valence-electron chi connectivity index (χ3n) is 5.57. The van der Waals surface area contributed by atoms with Crippen molar-refractivity contribution in [3.63, 3.8) is 0 Å². The maximum absolute atomic E-state index is 12.2. The molecule has 0 radical (unpaired) electrons. The number of hydrogen-bond donors (Lipinski definition) is 1. The SMILES string of the molecule is CN(CC(=O)NCC1CCN(c2ccncc2)CC1)C1CCCC1. The first kappa shape index (κ1) is 17.2. The fraction of sp³-hybridized carbons (Fsp3) is 0.684. The number of carbonyl (C=O) groups is 1. The van der Waals surface area contributed by atoms with Crippen LogP contribution in [0.4, 0.5) is 5.69 Å². The number of hydrogen-bond acceptors (Lipinski definition) is 4. The Labute approximate surface area is 145 Å². The molecular weight excluding hydrogens is 300 g/mol. The first-order valence-electron chi connectivity index (χ1n) is 9.34. The normalized spacial score (nSPS) is 19.8. The van der Waals surface area contributed by atoms with Crippen molar-refractivity contribution in [2.75, 3.05) is 38.1 Å². The molecule has 0 aromatic carbocycles.